The first-order valence-electron chi connectivity index (χ1n) is 3.86. The van der Waals surface area contributed by atoms with Crippen molar-refractivity contribution in [2.45, 2.75) is 30.8 Å². The fourth-order valence-corrected chi connectivity index (χ4v) is 0.871. The molecule has 80 valence electrons. The summed E-state index contributed by atoms with van der Waals surface area (Å²) >= 11 is 0. The lowest BCUT2D eigenvalue weighted by Gasteiger charge is -2.34. The fraction of sp³-hybridized carbons (Fsp3) is 1.00. The summed E-state index contributed by atoms with van der Waals surface area (Å²) in [6, 6.07) is 0. The molecule has 0 aliphatic carbocycles. The second kappa shape index (κ2) is 4.85. The Labute approximate surface area is 75.7 Å². The van der Waals surface area contributed by atoms with Gasteiger partial charge in [0.05, 0.1) is 13.2 Å². The Hall–Kier alpha value is -0.240. The predicted octanol–water partition coefficient (Wildman–Crippen LogP) is -3.20. The van der Waals surface area contributed by atoms with Crippen LogP contribution in [0.5, 0.6) is 0 Å². The second-order valence-corrected chi connectivity index (χ2v) is 3.12. The van der Waals surface area contributed by atoms with Crippen LogP contribution in [0.15, 0.2) is 0 Å². The van der Waals surface area contributed by atoms with Crippen molar-refractivity contribution in [1.29, 1.82) is 0 Å². The molecule has 0 saturated carbocycles. The molecule has 0 rings (SSSR count). The zero-order valence-corrected chi connectivity index (χ0v) is 7.33. The quantitative estimate of drug-likeness (QED) is 0.275. The summed E-state index contributed by atoms with van der Waals surface area (Å²) in [4.78, 5) is 0. The summed E-state index contributed by atoms with van der Waals surface area (Å²) in [7, 11) is 0. The number of rotatable bonds is 5. The molecule has 4 atom stereocenters. The summed E-state index contributed by atoms with van der Waals surface area (Å²) in [6.07, 6.45) is -4.86. The van der Waals surface area contributed by atoms with Gasteiger partial charge in [0, 0.05) is 0 Å². The molecule has 0 bridgehead atoms. The van der Waals surface area contributed by atoms with Gasteiger partial charge in [-0.25, -0.2) is 0 Å². The molecule has 13 heavy (non-hydrogen) atoms. The molecule has 6 N–H and O–H groups in total. The van der Waals surface area contributed by atoms with Gasteiger partial charge in [0.25, 0.3) is 0 Å². The monoisotopic (exact) mass is 196 g/mol. The lowest BCUT2D eigenvalue weighted by molar-refractivity contribution is -0.180. The minimum absolute atomic E-state index is 0.741. The SMILES string of the molecule is CC(O)(C(O)CO)C(O)C(O)CO. The first-order valence-corrected chi connectivity index (χ1v) is 3.86. The average molecular weight is 196 g/mol. The molecule has 6 heteroatoms. The summed E-state index contributed by atoms with van der Waals surface area (Å²) in [5.41, 5.74) is -2.06. The van der Waals surface area contributed by atoms with E-state index in [1.165, 1.54) is 0 Å². The molecular formula is C7H16O6. The highest BCUT2D eigenvalue weighted by molar-refractivity contribution is 4.92. The fourth-order valence-electron chi connectivity index (χ4n) is 0.871. The molecule has 0 heterocycles. The maximum Gasteiger partial charge on any atom is 0.118 e. The summed E-state index contributed by atoms with van der Waals surface area (Å²) < 4.78 is 0. The van der Waals surface area contributed by atoms with Gasteiger partial charge in [-0.1, -0.05) is 0 Å². The van der Waals surface area contributed by atoms with Gasteiger partial charge in [-0.3, -0.25) is 0 Å². The van der Waals surface area contributed by atoms with Crippen LogP contribution in [0, 0.1) is 0 Å². The number of aliphatic hydroxyl groups excluding tert-OH is 5. The summed E-state index contributed by atoms with van der Waals surface area (Å²) in [5, 5.41) is 53.6. The van der Waals surface area contributed by atoms with Crippen LogP contribution in [0.1, 0.15) is 6.92 Å². The minimum atomic E-state index is -2.06. The van der Waals surface area contributed by atoms with Crippen molar-refractivity contribution in [3.63, 3.8) is 0 Å². The standard InChI is InChI=1S/C7H16O6/c1-7(13,5(11)3-9)6(12)4(10)2-8/h4-6,8-13H,2-3H2,1H3. The van der Waals surface area contributed by atoms with Crippen molar-refractivity contribution in [2.24, 2.45) is 0 Å². The van der Waals surface area contributed by atoms with Crippen molar-refractivity contribution in [3.05, 3.63) is 0 Å². The normalized spacial score (nSPS) is 23.3. The molecule has 0 aliphatic rings. The Morgan fingerprint density at radius 2 is 1.54 bits per heavy atom. The molecule has 0 aromatic heterocycles. The molecule has 0 spiro atoms. The van der Waals surface area contributed by atoms with Gasteiger partial charge < -0.3 is 30.6 Å². The summed E-state index contributed by atoms with van der Waals surface area (Å²) in [6.45, 7) is -0.435. The highest BCUT2D eigenvalue weighted by Gasteiger charge is 2.41. The first-order chi connectivity index (χ1) is 5.87. The van der Waals surface area contributed by atoms with Crippen molar-refractivity contribution in [3.8, 4) is 0 Å². The van der Waals surface area contributed by atoms with E-state index in [1.54, 1.807) is 0 Å². The maximum absolute atomic E-state index is 9.42. The van der Waals surface area contributed by atoms with E-state index in [-0.39, 0.29) is 0 Å². The van der Waals surface area contributed by atoms with Gasteiger partial charge in [-0.15, -0.1) is 0 Å². The van der Waals surface area contributed by atoms with Crippen molar-refractivity contribution in [1.82, 2.24) is 0 Å². The van der Waals surface area contributed by atoms with E-state index in [1.807, 2.05) is 0 Å². The van der Waals surface area contributed by atoms with Crippen LogP contribution in [-0.4, -0.2) is 67.8 Å². The van der Waals surface area contributed by atoms with Crippen LogP contribution in [-0.2, 0) is 0 Å². The lowest BCUT2D eigenvalue weighted by Crippen LogP contribution is -2.56. The van der Waals surface area contributed by atoms with Gasteiger partial charge >= 0.3 is 0 Å². The van der Waals surface area contributed by atoms with Crippen LogP contribution < -0.4 is 0 Å². The molecule has 0 saturated heterocycles. The smallest absolute Gasteiger partial charge is 0.118 e. The molecule has 0 aromatic rings. The van der Waals surface area contributed by atoms with Gasteiger partial charge in [-0.05, 0) is 6.92 Å². The topological polar surface area (TPSA) is 121 Å². The average Bonchev–Trinajstić information content (AvgIpc) is 2.13. The van der Waals surface area contributed by atoms with E-state index in [2.05, 4.69) is 0 Å². The molecule has 0 aliphatic heterocycles. The lowest BCUT2D eigenvalue weighted by atomic mass is 9.89. The van der Waals surface area contributed by atoms with E-state index in [4.69, 9.17) is 20.4 Å². The van der Waals surface area contributed by atoms with E-state index >= 15 is 0 Å². The van der Waals surface area contributed by atoms with Crippen LogP contribution in [0.4, 0.5) is 0 Å². The Morgan fingerprint density at radius 3 is 1.85 bits per heavy atom. The van der Waals surface area contributed by atoms with Crippen molar-refractivity contribution in [2.75, 3.05) is 13.2 Å². The third-order valence-corrected chi connectivity index (χ3v) is 2.00. The van der Waals surface area contributed by atoms with Crippen LogP contribution in [0.2, 0.25) is 0 Å². The molecule has 0 fully saturated rings. The zero-order valence-electron chi connectivity index (χ0n) is 7.33. The Kier molecular flexibility index (Phi) is 4.76. The second-order valence-electron chi connectivity index (χ2n) is 3.12. The van der Waals surface area contributed by atoms with Crippen LogP contribution >= 0.6 is 0 Å². The Morgan fingerprint density at radius 1 is 1.08 bits per heavy atom. The molecule has 0 radical (unpaired) electrons. The van der Waals surface area contributed by atoms with E-state index in [9.17, 15) is 10.2 Å². The Bertz CT molecular complexity index is 148. The van der Waals surface area contributed by atoms with Crippen molar-refractivity contribution >= 4 is 0 Å². The van der Waals surface area contributed by atoms with E-state index < -0.39 is 37.1 Å². The molecular weight excluding hydrogens is 180 g/mol. The minimum Gasteiger partial charge on any atom is -0.394 e. The molecule has 6 nitrogen and oxygen atoms in total. The third-order valence-electron chi connectivity index (χ3n) is 2.00. The van der Waals surface area contributed by atoms with Gasteiger partial charge in [0.15, 0.2) is 0 Å². The maximum atomic E-state index is 9.42. The van der Waals surface area contributed by atoms with E-state index in [0.717, 1.165) is 6.92 Å². The van der Waals surface area contributed by atoms with Gasteiger partial charge in [0.1, 0.15) is 23.9 Å². The molecule has 0 amide bonds. The van der Waals surface area contributed by atoms with Crippen molar-refractivity contribution < 1.29 is 30.6 Å². The first kappa shape index (κ1) is 12.8. The van der Waals surface area contributed by atoms with Gasteiger partial charge in [-0.2, -0.15) is 0 Å². The Balaban J connectivity index is 4.42. The molecule has 4 unspecified atom stereocenters. The predicted molar refractivity (Wildman–Crippen MR) is 42.8 cm³/mol. The molecule has 0 aromatic carbocycles. The van der Waals surface area contributed by atoms with Crippen LogP contribution in [0.25, 0.3) is 0 Å². The van der Waals surface area contributed by atoms with Crippen LogP contribution in [0.3, 0.4) is 0 Å². The highest BCUT2D eigenvalue weighted by Crippen LogP contribution is 2.17. The number of hydrogen-bond acceptors (Lipinski definition) is 6. The zero-order chi connectivity index (χ0) is 10.6. The largest absolute Gasteiger partial charge is 0.394 e. The van der Waals surface area contributed by atoms with Gasteiger partial charge in [0.2, 0.25) is 0 Å². The summed E-state index contributed by atoms with van der Waals surface area (Å²) in [5.74, 6) is 0. The number of hydrogen-bond donors (Lipinski definition) is 6. The van der Waals surface area contributed by atoms with E-state index in [0.29, 0.717) is 0 Å². The number of aliphatic hydroxyl groups is 6. The third kappa shape index (κ3) is 2.87. The highest BCUT2D eigenvalue weighted by atomic mass is 16.4.